The second-order valence-corrected chi connectivity index (χ2v) is 11.5. The summed E-state index contributed by atoms with van der Waals surface area (Å²) in [7, 11) is 0. The molecule has 2 fully saturated rings. The van der Waals surface area contributed by atoms with Gasteiger partial charge >= 0.3 is 5.97 Å². The number of likely N-dealkylation sites (tertiary alicyclic amines) is 1. The number of carboxylic acid groups (broad SMARTS) is 1. The standard InChI is InChI=1S/C31H40N2O3/c1-23-5-4-16-32(23)17-12-24-6-8-25(9-7-24)26-10-11-28-22-33(18-13-27(28)19-26)29(34)20-31(21-30(35)36)14-2-3-15-31/h6-11,19,23H,2-5,12-18,20-22H2,1H3,(H,35,36). The Morgan fingerprint density at radius 1 is 0.944 bits per heavy atom. The first-order valence-electron chi connectivity index (χ1n) is 13.9. The third-order valence-electron chi connectivity index (χ3n) is 8.95. The fourth-order valence-corrected chi connectivity index (χ4v) is 6.70. The lowest BCUT2D eigenvalue weighted by Crippen LogP contribution is -2.39. The fourth-order valence-electron chi connectivity index (χ4n) is 6.70. The minimum atomic E-state index is -0.782. The maximum Gasteiger partial charge on any atom is 0.303 e. The Hall–Kier alpha value is -2.66. The Morgan fingerprint density at radius 2 is 1.69 bits per heavy atom. The van der Waals surface area contributed by atoms with Crippen molar-refractivity contribution < 1.29 is 14.7 Å². The SMILES string of the molecule is CC1CCCN1CCc1ccc(-c2ccc3c(c2)CCN(C(=O)CC2(CC(=O)O)CCCC2)C3)cc1. The molecular weight excluding hydrogens is 448 g/mol. The van der Waals surface area contributed by atoms with Gasteiger partial charge in [0.25, 0.3) is 0 Å². The lowest BCUT2D eigenvalue weighted by Gasteiger charge is -2.33. The van der Waals surface area contributed by atoms with Gasteiger partial charge in [0.1, 0.15) is 0 Å². The monoisotopic (exact) mass is 488 g/mol. The van der Waals surface area contributed by atoms with Gasteiger partial charge in [-0.05, 0) is 85.2 Å². The zero-order valence-corrected chi connectivity index (χ0v) is 21.7. The van der Waals surface area contributed by atoms with Crippen LogP contribution >= 0.6 is 0 Å². The molecular formula is C31H40N2O3. The average Bonchev–Trinajstić information content (AvgIpc) is 3.50. The van der Waals surface area contributed by atoms with Gasteiger partial charge in [-0.1, -0.05) is 55.3 Å². The normalized spacial score (nSPS) is 21.5. The third kappa shape index (κ3) is 5.67. The summed E-state index contributed by atoms with van der Waals surface area (Å²) >= 11 is 0. The highest BCUT2D eigenvalue weighted by Crippen LogP contribution is 2.44. The second-order valence-electron chi connectivity index (χ2n) is 11.5. The van der Waals surface area contributed by atoms with E-state index in [1.54, 1.807) is 0 Å². The van der Waals surface area contributed by atoms with Gasteiger partial charge in [-0.25, -0.2) is 0 Å². The van der Waals surface area contributed by atoms with E-state index in [4.69, 9.17) is 0 Å². The summed E-state index contributed by atoms with van der Waals surface area (Å²) in [6.07, 6.45) is 8.88. The van der Waals surface area contributed by atoms with E-state index in [0.717, 1.165) is 51.1 Å². The van der Waals surface area contributed by atoms with Gasteiger partial charge in [0.2, 0.25) is 5.91 Å². The summed E-state index contributed by atoms with van der Waals surface area (Å²) < 4.78 is 0. The molecule has 2 heterocycles. The zero-order chi connectivity index (χ0) is 25.1. The molecule has 1 aliphatic carbocycles. The molecule has 192 valence electrons. The van der Waals surface area contributed by atoms with Crippen molar-refractivity contribution in [2.75, 3.05) is 19.6 Å². The van der Waals surface area contributed by atoms with Gasteiger partial charge in [0.05, 0.1) is 6.42 Å². The summed E-state index contributed by atoms with van der Waals surface area (Å²) in [6, 6.07) is 16.4. The largest absolute Gasteiger partial charge is 0.481 e. The van der Waals surface area contributed by atoms with Crippen LogP contribution in [0.5, 0.6) is 0 Å². The van der Waals surface area contributed by atoms with E-state index in [0.29, 0.717) is 19.5 Å². The number of hydrogen-bond acceptors (Lipinski definition) is 3. The highest BCUT2D eigenvalue weighted by Gasteiger charge is 2.39. The van der Waals surface area contributed by atoms with E-state index in [9.17, 15) is 14.7 Å². The number of rotatable bonds is 8. The van der Waals surface area contributed by atoms with Crippen LogP contribution in [0.4, 0.5) is 0 Å². The first kappa shape index (κ1) is 25.0. The van der Waals surface area contributed by atoms with Gasteiger partial charge in [-0.3, -0.25) is 9.59 Å². The molecule has 1 saturated heterocycles. The molecule has 5 heteroatoms. The highest BCUT2D eigenvalue weighted by atomic mass is 16.4. The Bertz CT molecular complexity index is 1090. The lowest BCUT2D eigenvalue weighted by atomic mass is 9.79. The van der Waals surface area contributed by atoms with Crippen LogP contribution in [-0.4, -0.2) is 52.5 Å². The molecule has 2 aromatic rings. The number of carbonyl (C=O) groups is 2. The smallest absolute Gasteiger partial charge is 0.303 e. The van der Waals surface area contributed by atoms with E-state index >= 15 is 0 Å². The molecule has 1 saturated carbocycles. The third-order valence-corrected chi connectivity index (χ3v) is 8.95. The van der Waals surface area contributed by atoms with Crippen molar-refractivity contribution in [1.82, 2.24) is 9.80 Å². The van der Waals surface area contributed by atoms with Crippen molar-refractivity contribution in [3.8, 4) is 11.1 Å². The molecule has 0 spiro atoms. The van der Waals surface area contributed by atoms with Crippen LogP contribution in [0.15, 0.2) is 42.5 Å². The second kappa shape index (κ2) is 10.8. The molecule has 2 aliphatic heterocycles. The van der Waals surface area contributed by atoms with Crippen molar-refractivity contribution in [1.29, 1.82) is 0 Å². The van der Waals surface area contributed by atoms with Crippen LogP contribution in [0.1, 0.15) is 75.0 Å². The van der Waals surface area contributed by atoms with Gasteiger partial charge < -0.3 is 14.9 Å². The molecule has 1 unspecified atom stereocenters. The molecule has 1 N–H and O–H groups in total. The summed E-state index contributed by atoms with van der Waals surface area (Å²) in [5.41, 5.74) is 6.07. The summed E-state index contributed by atoms with van der Waals surface area (Å²) in [4.78, 5) is 29.1. The summed E-state index contributed by atoms with van der Waals surface area (Å²) in [6.45, 7) is 6.07. The van der Waals surface area contributed by atoms with Gasteiger partial charge in [-0.15, -0.1) is 0 Å². The number of benzene rings is 2. The van der Waals surface area contributed by atoms with E-state index in [1.807, 2.05) is 4.90 Å². The Labute approximate surface area is 215 Å². The minimum absolute atomic E-state index is 0.114. The predicted molar refractivity (Wildman–Crippen MR) is 143 cm³/mol. The van der Waals surface area contributed by atoms with Crippen LogP contribution in [0, 0.1) is 5.41 Å². The quantitative estimate of drug-likeness (QED) is 0.519. The highest BCUT2D eigenvalue weighted by molar-refractivity contribution is 5.79. The van der Waals surface area contributed by atoms with Crippen LogP contribution in [0.25, 0.3) is 11.1 Å². The molecule has 0 aromatic heterocycles. The van der Waals surface area contributed by atoms with Crippen LogP contribution in [-0.2, 0) is 29.0 Å². The molecule has 5 nitrogen and oxygen atoms in total. The van der Waals surface area contributed by atoms with Crippen LogP contribution in [0.2, 0.25) is 0 Å². The molecule has 3 aliphatic rings. The number of hydrogen-bond donors (Lipinski definition) is 1. The fraction of sp³-hybridized carbons (Fsp3) is 0.548. The Kier molecular flexibility index (Phi) is 7.47. The van der Waals surface area contributed by atoms with Gasteiger partial charge in [0, 0.05) is 32.1 Å². The van der Waals surface area contributed by atoms with E-state index in [1.165, 1.54) is 47.2 Å². The number of nitrogens with zero attached hydrogens (tertiary/aromatic N) is 2. The number of carboxylic acids is 1. The molecule has 0 radical (unpaired) electrons. The van der Waals surface area contributed by atoms with Crippen molar-refractivity contribution in [2.24, 2.45) is 5.41 Å². The molecule has 5 rings (SSSR count). The number of fused-ring (bicyclic) bond motifs is 1. The van der Waals surface area contributed by atoms with Crippen molar-refractivity contribution >= 4 is 11.9 Å². The van der Waals surface area contributed by atoms with E-state index < -0.39 is 5.97 Å². The van der Waals surface area contributed by atoms with E-state index in [2.05, 4.69) is 54.3 Å². The number of aliphatic carboxylic acids is 1. The average molecular weight is 489 g/mol. The molecule has 2 aromatic carbocycles. The number of carbonyl (C=O) groups excluding carboxylic acids is 1. The molecule has 1 amide bonds. The lowest BCUT2D eigenvalue weighted by molar-refractivity contribution is -0.141. The summed E-state index contributed by atoms with van der Waals surface area (Å²) in [5, 5.41) is 9.38. The summed E-state index contributed by atoms with van der Waals surface area (Å²) in [5.74, 6) is -0.665. The molecule has 0 bridgehead atoms. The van der Waals surface area contributed by atoms with Crippen molar-refractivity contribution in [2.45, 2.75) is 83.7 Å². The minimum Gasteiger partial charge on any atom is -0.481 e. The zero-order valence-electron chi connectivity index (χ0n) is 21.7. The van der Waals surface area contributed by atoms with Gasteiger partial charge in [-0.2, -0.15) is 0 Å². The van der Waals surface area contributed by atoms with Gasteiger partial charge in [0.15, 0.2) is 0 Å². The maximum absolute atomic E-state index is 13.2. The van der Waals surface area contributed by atoms with Crippen LogP contribution < -0.4 is 0 Å². The molecule has 36 heavy (non-hydrogen) atoms. The van der Waals surface area contributed by atoms with Crippen LogP contribution in [0.3, 0.4) is 0 Å². The first-order valence-corrected chi connectivity index (χ1v) is 13.9. The maximum atomic E-state index is 13.2. The van der Waals surface area contributed by atoms with Crippen molar-refractivity contribution in [3.05, 3.63) is 59.2 Å². The number of amides is 1. The first-order chi connectivity index (χ1) is 17.4. The predicted octanol–water partition coefficient (Wildman–Crippen LogP) is 5.69. The molecule has 1 atom stereocenters. The Morgan fingerprint density at radius 3 is 2.39 bits per heavy atom. The van der Waals surface area contributed by atoms with E-state index in [-0.39, 0.29) is 17.7 Å². The topological polar surface area (TPSA) is 60.9 Å². The van der Waals surface area contributed by atoms with Crippen molar-refractivity contribution in [3.63, 3.8) is 0 Å². The Balaban J connectivity index is 1.20.